The maximum atomic E-state index is 12.6. The number of hydrogen-bond acceptors (Lipinski definition) is 3. The van der Waals surface area contributed by atoms with Gasteiger partial charge in [0.25, 0.3) is 0 Å². The van der Waals surface area contributed by atoms with E-state index in [0.717, 1.165) is 37.3 Å². The van der Waals surface area contributed by atoms with E-state index in [-0.39, 0.29) is 11.7 Å². The van der Waals surface area contributed by atoms with Crippen molar-refractivity contribution in [2.75, 3.05) is 13.1 Å². The monoisotopic (exact) mass is 372 g/mol. The minimum Gasteiger partial charge on any atom is -0.299 e. The second-order valence-electron chi connectivity index (χ2n) is 6.80. The van der Waals surface area contributed by atoms with E-state index < -0.39 is 11.7 Å². The first-order chi connectivity index (χ1) is 12.9. The van der Waals surface area contributed by atoms with Crippen molar-refractivity contribution in [2.45, 2.75) is 25.6 Å². The molecule has 1 fully saturated rings. The van der Waals surface area contributed by atoms with Crippen molar-refractivity contribution in [3.05, 3.63) is 70.8 Å². The van der Waals surface area contributed by atoms with E-state index in [9.17, 15) is 18.0 Å². The van der Waals surface area contributed by atoms with Gasteiger partial charge in [0.2, 0.25) is 0 Å². The molecule has 0 N–H and O–H groups in total. The molecule has 0 spiro atoms. The van der Waals surface area contributed by atoms with Crippen molar-refractivity contribution in [2.24, 2.45) is 5.92 Å². The molecule has 0 atom stereocenters. The summed E-state index contributed by atoms with van der Waals surface area (Å²) in [5, 5.41) is 8.83. The van der Waals surface area contributed by atoms with Gasteiger partial charge in [-0.1, -0.05) is 24.3 Å². The zero-order valence-corrected chi connectivity index (χ0v) is 14.7. The molecule has 1 saturated heterocycles. The largest absolute Gasteiger partial charge is 0.416 e. The topological polar surface area (TPSA) is 44.1 Å². The maximum Gasteiger partial charge on any atom is 0.416 e. The molecule has 1 aliphatic heterocycles. The molecule has 1 aliphatic rings. The Bertz CT molecular complexity index is 828. The lowest BCUT2D eigenvalue weighted by Gasteiger charge is -2.31. The molecule has 0 bridgehead atoms. The van der Waals surface area contributed by atoms with Crippen molar-refractivity contribution >= 4 is 5.78 Å². The van der Waals surface area contributed by atoms with Gasteiger partial charge in [-0.15, -0.1) is 0 Å². The van der Waals surface area contributed by atoms with E-state index in [0.29, 0.717) is 24.0 Å². The predicted molar refractivity (Wildman–Crippen MR) is 94.9 cm³/mol. The summed E-state index contributed by atoms with van der Waals surface area (Å²) in [5.74, 6) is -0.235. The lowest BCUT2D eigenvalue weighted by Crippen LogP contribution is -2.36. The summed E-state index contributed by atoms with van der Waals surface area (Å²) in [7, 11) is 0. The molecule has 140 valence electrons. The lowest BCUT2D eigenvalue weighted by atomic mass is 9.88. The van der Waals surface area contributed by atoms with Crippen LogP contribution < -0.4 is 0 Å². The Labute approximate surface area is 156 Å². The third-order valence-corrected chi connectivity index (χ3v) is 4.94. The van der Waals surface area contributed by atoms with Gasteiger partial charge >= 0.3 is 6.18 Å². The summed E-state index contributed by atoms with van der Waals surface area (Å²) in [5.41, 5.74) is 1.34. The van der Waals surface area contributed by atoms with Crippen LogP contribution >= 0.6 is 0 Å². The number of ketones is 1. The normalized spacial score (nSPS) is 16.1. The molecule has 6 heteroatoms. The Morgan fingerprint density at radius 3 is 2.15 bits per heavy atom. The van der Waals surface area contributed by atoms with Gasteiger partial charge in [-0.25, -0.2) is 0 Å². The summed E-state index contributed by atoms with van der Waals surface area (Å²) in [4.78, 5) is 14.8. The molecule has 27 heavy (non-hydrogen) atoms. The van der Waals surface area contributed by atoms with Gasteiger partial charge in [-0.05, 0) is 55.8 Å². The van der Waals surface area contributed by atoms with Gasteiger partial charge in [0.1, 0.15) is 0 Å². The first-order valence-electron chi connectivity index (χ1n) is 8.79. The fourth-order valence-corrected chi connectivity index (χ4v) is 3.36. The molecule has 3 rings (SSSR count). The molecular weight excluding hydrogens is 353 g/mol. The van der Waals surface area contributed by atoms with E-state index in [4.69, 9.17) is 5.26 Å². The van der Waals surface area contributed by atoms with Crippen molar-refractivity contribution in [1.82, 2.24) is 4.90 Å². The molecular formula is C21H19F3N2O. The third kappa shape index (κ3) is 4.75. The number of hydrogen-bond donors (Lipinski definition) is 0. The van der Waals surface area contributed by atoms with E-state index >= 15 is 0 Å². The second-order valence-corrected chi connectivity index (χ2v) is 6.80. The highest BCUT2D eigenvalue weighted by Gasteiger charge is 2.31. The minimum absolute atomic E-state index is 0.0817. The number of Topliss-reactive ketones (excluding diaryl/α,β-unsaturated/α-hetero) is 1. The van der Waals surface area contributed by atoms with Crippen LogP contribution in [-0.4, -0.2) is 23.8 Å². The molecule has 2 aromatic rings. The van der Waals surface area contributed by atoms with Gasteiger partial charge in [-0.2, -0.15) is 18.4 Å². The Morgan fingerprint density at radius 2 is 1.63 bits per heavy atom. The molecule has 0 radical (unpaired) electrons. The lowest BCUT2D eigenvalue weighted by molar-refractivity contribution is -0.137. The quantitative estimate of drug-likeness (QED) is 0.733. The van der Waals surface area contributed by atoms with Crippen LogP contribution in [0.5, 0.6) is 0 Å². The van der Waals surface area contributed by atoms with E-state index in [1.807, 2.05) is 12.1 Å². The van der Waals surface area contributed by atoms with Crippen molar-refractivity contribution in [1.29, 1.82) is 5.26 Å². The number of likely N-dealkylation sites (tertiary alicyclic amines) is 1. The third-order valence-electron chi connectivity index (χ3n) is 4.94. The Kier molecular flexibility index (Phi) is 5.62. The van der Waals surface area contributed by atoms with Crippen molar-refractivity contribution in [3.8, 4) is 6.07 Å². The van der Waals surface area contributed by atoms with Crippen LogP contribution in [0.1, 0.15) is 39.9 Å². The fourth-order valence-electron chi connectivity index (χ4n) is 3.36. The summed E-state index contributed by atoms with van der Waals surface area (Å²) < 4.78 is 37.9. The van der Waals surface area contributed by atoms with Crippen LogP contribution in [0.2, 0.25) is 0 Å². The number of rotatable bonds is 4. The summed E-state index contributed by atoms with van der Waals surface area (Å²) in [6, 6.07) is 14.0. The van der Waals surface area contributed by atoms with E-state index in [1.54, 1.807) is 12.1 Å². The first kappa shape index (κ1) is 19.1. The zero-order valence-electron chi connectivity index (χ0n) is 14.7. The zero-order chi connectivity index (χ0) is 19.4. The minimum atomic E-state index is -4.39. The fraction of sp³-hybridized carbons (Fsp3) is 0.333. The molecule has 0 aromatic heterocycles. The number of carbonyl (C=O) groups is 1. The standard InChI is InChI=1S/C21H19F3N2O/c22-21(23,24)19-7-5-17(6-8-19)20(27)18-9-11-26(12-10-18)14-16-3-1-15(13-25)2-4-16/h1-8,18H,9-12,14H2. The molecule has 0 aliphatic carbocycles. The average molecular weight is 372 g/mol. The van der Waals surface area contributed by atoms with Gasteiger partial charge in [0.15, 0.2) is 5.78 Å². The first-order valence-corrected chi connectivity index (χ1v) is 8.79. The maximum absolute atomic E-state index is 12.6. The number of carbonyl (C=O) groups excluding carboxylic acids is 1. The Morgan fingerprint density at radius 1 is 1.04 bits per heavy atom. The van der Waals surface area contributed by atoms with Gasteiger partial charge in [-0.3, -0.25) is 9.69 Å². The Hall–Kier alpha value is -2.65. The Balaban J connectivity index is 1.55. The molecule has 3 nitrogen and oxygen atoms in total. The van der Waals surface area contributed by atoms with Crippen LogP contribution in [0.15, 0.2) is 48.5 Å². The van der Waals surface area contributed by atoms with Crippen LogP contribution in [0.3, 0.4) is 0 Å². The SMILES string of the molecule is N#Cc1ccc(CN2CCC(C(=O)c3ccc(C(F)(F)F)cc3)CC2)cc1. The second kappa shape index (κ2) is 7.93. The number of benzene rings is 2. The van der Waals surface area contributed by atoms with Crippen molar-refractivity contribution < 1.29 is 18.0 Å². The molecule has 0 saturated carbocycles. The van der Waals surface area contributed by atoms with E-state index in [1.165, 1.54) is 12.1 Å². The van der Waals surface area contributed by atoms with Crippen LogP contribution in [-0.2, 0) is 12.7 Å². The van der Waals surface area contributed by atoms with Gasteiger partial charge in [0.05, 0.1) is 17.2 Å². The van der Waals surface area contributed by atoms with E-state index in [2.05, 4.69) is 11.0 Å². The molecule has 0 unspecified atom stereocenters. The van der Waals surface area contributed by atoms with Crippen LogP contribution in [0, 0.1) is 17.2 Å². The number of nitrogens with zero attached hydrogens (tertiary/aromatic N) is 2. The molecule has 1 heterocycles. The van der Waals surface area contributed by atoms with Crippen molar-refractivity contribution in [3.63, 3.8) is 0 Å². The highest BCUT2D eigenvalue weighted by Crippen LogP contribution is 2.30. The van der Waals surface area contributed by atoms with Crippen LogP contribution in [0.25, 0.3) is 0 Å². The summed E-state index contributed by atoms with van der Waals surface area (Å²) in [6.45, 7) is 2.28. The van der Waals surface area contributed by atoms with Gasteiger partial charge in [0, 0.05) is 18.0 Å². The van der Waals surface area contributed by atoms with Crippen LogP contribution in [0.4, 0.5) is 13.2 Å². The molecule has 2 aromatic carbocycles. The molecule has 0 amide bonds. The summed E-state index contributed by atoms with van der Waals surface area (Å²) in [6.07, 6.45) is -3.01. The number of piperidine rings is 1. The average Bonchev–Trinajstić information content (AvgIpc) is 2.68. The predicted octanol–water partition coefficient (Wildman–Crippen LogP) is 4.67. The summed E-state index contributed by atoms with van der Waals surface area (Å²) >= 11 is 0. The number of nitriles is 1. The number of alkyl halides is 3. The van der Waals surface area contributed by atoms with Gasteiger partial charge < -0.3 is 0 Å². The number of halogens is 3. The smallest absolute Gasteiger partial charge is 0.299 e. The highest BCUT2D eigenvalue weighted by atomic mass is 19.4. The highest BCUT2D eigenvalue weighted by molar-refractivity contribution is 5.97.